The molecule has 2 N–H and O–H groups in total. The number of hydrazine groups is 1. The molecule has 2 aromatic carbocycles. The van der Waals surface area contributed by atoms with Gasteiger partial charge in [0.15, 0.2) is 0 Å². The molecule has 2 aliphatic rings. The van der Waals surface area contributed by atoms with E-state index in [1.165, 1.54) is 17.0 Å². The Labute approximate surface area is 180 Å². The summed E-state index contributed by atoms with van der Waals surface area (Å²) in [6.45, 7) is 2.77. The Balaban J connectivity index is 1.32. The van der Waals surface area contributed by atoms with Gasteiger partial charge in [0, 0.05) is 18.9 Å². The van der Waals surface area contributed by atoms with Crippen LogP contribution in [0.15, 0.2) is 60.9 Å². The van der Waals surface area contributed by atoms with Crippen molar-refractivity contribution in [1.29, 1.82) is 0 Å². The number of carbonyl (C=O) groups is 2. The van der Waals surface area contributed by atoms with Crippen molar-refractivity contribution in [2.24, 2.45) is 0 Å². The standard InChI is InChI=1S/C23H25FN4O3/c1-2-31-19-9-5-17(6-10-19)20-13-21-23(30)27(11-12-28(21)26-20)15-22(29)25-14-16-3-7-18(24)8-4-16/h3-12,20-21,26H,2,13-15H2,1H3,(H,25,29). The highest BCUT2D eigenvalue weighted by molar-refractivity contribution is 5.89. The van der Waals surface area contributed by atoms with Crippen LogP contribution in [-0.4, -0.2) is 40.9 Å². The largest absolute Gasteiger partial charge is 0.494 e. The summed E-state index contributed by atoms with van der Waals surface area (Å²) in [6, 6.07) is 13.4. The lowest BCUT2D eigenvalue weighted by atomic mass is 10.0. The van der Waals surface area contributed by atoms with Gasteiger partial charge in [-0.1, -0.05) is 24.3 Å². The molecule has 0 spiro atoms. The minimum Gasteiger partial charge on any atom is -0.494 e. The second-order valence-electron chi connectivity index (χ2n) is 7.51. The van der Waals surface area contributed by atoms with Gasteiger partial charge in [-0.2, -0.15) is 0 Å². The van der Waals surface area contributed by atoms with Gasteiger partial charge in [0.1, 0.15) is 24.2 Å². The molecule has 4 rings (SSSR count). The van der Waals surface area contributed by atoms with Crippen LogP contribution in [0.25, 0.3) is 0 Å². The van der Waals surface area contributed by atoms with Gasteiger partial charge in [0.05, 0.1) is 12.6 Å². The summed E-state index contributed by atoms with van der Waals surface area (Å²) in [5.41, 5.74) is 5.21. The van der Waals surface area contributed by atoms with Crippen molar-refractivity contribution < 1.29 is 18.7 Å². The van der Waals surface area contributed by atoms with E-state index < -0.39 is 0 Å². The Kier molecular flexibility index (Phi) is 6.18. The van der Waals surface area contributed by atoms with E-state index in [2.05, 4.69) is 10.7 Å². The molecule has 162 valence electrons. The predicted octanol–water partition coefficient (Wildman–Crippen LogP) is 2.47. The Morgan fingerprint density at radius 1 is 1.16 bits per heavy atom. The number of ether oxygens (including phenoxy) is 1. The molecule has 0 aliphatic carbocycles. The fraction of sp³-hybridized carbons (Fsp3) is 0.304. The molecule has 31 heavy (non-hydrogen) atoms. The minimum atomic E-state index is -0.369. The summed E-state index contributed by atoms with van der Waals surface area (Å²) >= 11 is 0. The number of nitrogens with zero attached hydrogens (tertiary/aromatic N) is 2. The molecule has 2 aromatic rings. The first-order valence-electron chi connectivity index (χ1n) is 10.3. The minimum absolute atomic E-state index is 0.00142. The van der Waals surface area contributed by atoms with Gasteiger partial charge in [0.25, 0.3) is 5.91 Å². The lowest BCUT2D eigenvalue weighted by molar-refractivity contribution is -0.138. The third-order valence-corrected chi connectivity index (χ3v) is 5.39. The average Bonchev–Trinajstić information content (AvgIpc) is 3.21. The van der Waals surface area contributed by atoms with Crippen molar-refractivity contribution in [3.8, 4) is 5.75 Å². The van der Waals surface area contributed by atoms with Gasteiger partial charge >= 0.3 is 0 Å². The first kappa shape index (κ1) is 20.9. The molecule has 7 nitrogen and oxygen atoms in total. The maximum absolute atomic E-state index is 13.0. The second-order valence-corrected chi connectivity index (χ2v) is 7.51. The highest BCUT2D eigenvalue weighted by Gasteiger charge is 2.40. The Hall–Kier alpha value is -3.39. The number of carbonyl (C=O) groups excluding carboxylic acids is 2. The summed E-state index contributed by atoms with van der Waals surface area (Å²) in [5, 5.41) is 4.57. The molecular weight excluding hydrogens is 399 g/mol. The summed E-state index contributed by atoms with van der Waals surface area (Å²) in [6.07, 6.45) is 4.00. The Bertz CT molecular complexity index is 962. The van der Waals surface area contributed by atoms with Crippen LogP contribution in [0, 0.1) is 5.82 Å². The van der Waals surface area contributed by atoms with Gasteiger partial charge in [0.2, 0.25) is 5.91 Å². The van der Waals surface area contributed by atoms with Gasteiger partial charge in [-0.15, -0.1) is 0 Å². The van der Waals surface area contributed by atoms with Gasteiger partial charge in [-0.05, 0) is 48.7 Å². The van der Waals surface area contributed by atoms with Crippen LogP contribution in [-0.2, 0) is 16.1 Å². The molecule has 8 heteroatoms. The van der Waals surface area contributed by atoms with E-state index in [-0.39, 0.29) is 42.8 Å². The number of halogens is 1. The molecule has 0 aromatic heterocycles. The van der Waals surface area contributed by atoms with E-state index in [9.17, 15) is 14.0 Å². The van der Waals surface area contributed by atoms with Crippen molar-refractivity contribution in [3.05, 3.63) is 77.9 Å². The van der Waals surface area contributed by atoms with E-state index >= 15 is 0 Å². The number of hydrogen-bond donors (Lipinski definition) is 2. The van der Waals surface area contributed by atoms with Crippen LogP contribution >= 0.6 is 0 Å². The first-order valence-corrected chi connectivity index (χ1v) is 10.3. The molecule has 1 saturated heterocycles. The normalized spacial score (nSPS) is 20.0. The lowest BCUT2D eigenvalue weighted by Gasteiger charge is -2.31. The Morgan fingerprint density at radius 3 is 2.61 bits per heavy atom. The highest BCUT2D eigenvalue weighted by atomic mass is 19.1. The van der Waals surface area contributed by atoms with E-state index in [1.807, 2.05) is 31.2 Å². The van der Waals surface area contributed by atoms with Crippen LogP contribution in [0.4, 0.5) is 4.39 Å². The maximum Gasteiger partial charge on any atom is 0.251 e. The van der Waals surface area contributed by atoms with Crippen LogP contribution in [0.2, 0.25) is 0 Å². The SMILES string of the molecule is CCOc1ccc(C2CC3C(=O)N(CC(=O)NCc4ccc(F)cc4)C=CN3N2)cc1. The molecule has 2 amide bonds. The number of fused-ring (bicyclic) bond motifs is 1. The molecule has 2 heterocycles. The van der Waals surface area contributed by atoms with Gasteiger partial charge < -0.3 is 20.0 Å². The summed E-state index contributed by atoms with van der Waals surface area (Å²) in [4.78, 5) is 26.7. The number of nitrogens with one attached hydrogen (secondary N) is 2. The quantitative estimate of drug-likeness (QED) is 0.715. The molecule has 0 radical (unpaired) electrons. The van der Waals surface area contributed by atoms with Crippen LogP contribution < -0.4 is 15.5 Å². The zero-order valence-corrected chi connectivity index (χ0v) is 17.3. The molecule has 1 fully saturated rings. The van der Waals surface area contributed by atoms with Crippen molar-refractivity contribution in [2.45, 2.75) is 32.0 Å². The molecule has 2 aliphatic heterocycles. The first-order chi connectivity index (χ1) is 15.0. The summed E-state index contributed by atoms with van der Waals surface area (Å²) < 4.78 is 18.5. The van der Waals surface area contributed by atoms with Crippen LogP contribution in [0.1, 0.15) is 30.5 Å². The predicted molar refractivity (Wildman–Crippen MR) is 113 cm³/mol. The fourth-order valence-corrected chi connectivity index (χ4v) is 3.76. The van der Waals surface area contributed by atoms with Gasteiger partial charge in [-0.25, -0.2) is 9.82 Å². The fourth-order valence-electron chi connectivity index (χ4n) is 3.76. The van der Waals surface area contributed by atoms with E-state index in [0.717, 1.165) is 16.9 Å². The van der Waals surface area contributed by atoms with Crippen LogP contribution in [0.3, 0.4) is 0 Å². The number of rotatable bonds is 7. The topological polar surface area (TPSA) is 73.9 Å². The zero-order valence-electron chi connectivity index (χ0n) is 17.3. The average molecular weight is 424 g/mol. The number of benzene rings is 2. The van der Waals surface area contributed by atoms with E-state index in [1.54, 1.807) is 29.5 Å². The van der Waals surface area contributed by atoms with E-state index in [0.29, 0.717) is 13.0 Å². The number of hydrogen-bond acceptors (Lipinski definition) is 5. The van der Waals surface area contributed by atoms with E-state index in [4.69, 9.17) is 4.74 Å². The summed E-state index contributed by atoms with van der Waals surface area (Å²) in [5.74, 6) is 0.0957. The molecular formula is C23H25FN4O3. The molecule has 2 unspecified atom stereocenters. The summed E-state index contributed by atoms with van der Waals surface area (Å²) in [7, 11) is 0. The monoisotopic (exact) mass is 424 g/mol. The maximum atomic E-state index is 13.0. The highest BCUT2D eigenvalue weighted by Crippen LogP contribution is 2.31. The van der Waals surface area contributed by atoms with Gasteiger partial charge in [-0.3, -0.25) is 9.59 Å². The van der Waals surface area contributed by atoms with Crippen molar-refractivity contribution in [3.63, 3.8) is 0 Å². The van der Waals surface area contributed by atoms with Crippen molar-refractivity contribution >= 4 is 11.8 Å². The molecule has 2 atom stereocenters. The zero-order chi connectivity index (χ0) is 21.8. The van der Waals surface area contributed by atoms with Crippen molar-refractivity contribution in [1.82, 2.24) is 20.7 Å². The molecule has 0 saturated carbocycles. The second kappa shape index (κ2) is 9.18. The lowest BCUT2D eigenvalue weighted by Crippen LogP contribution is -2.50. The smallest absolute Gasteiger partial charge is 0.251 e. The number of amides is 2. The van der Waals surface area contributed by atoms with Crippen molar-refractivity contribution in [2.75, 3.05) is 13.2 Å². The third kappa shape index (κ3) is 4.86. The molecule has 0 bridgehead atoms. The Morgan fingerprint density at radius 2 is 1.90 bits per heavy atom. The van der Waals surface area contributed by atoms with Crippen LogP contribution in [0.5, 0.6) is 5.75 Å². The third-order valence-electron chi connectivity index (χ3n) is 5.39.